The second-order valence-corrected chi connectivity index (χ2v) is 9.60. The molecule has 0 aliphatic carbocycles. The van der Waals surface area contributed by atoms with E-state index in [9.17, 15) is 5.11 Å². The summed E-state index contributed by atoms with van der Waals surface area (Å²) in [5.74, 6) is 0. The molecule has 0 saturated carbocycles. The van der Waals surface area contributed by atoms with Gasteiger partial charge in [-0.05, 0) is 28.8 Å². The van der Waals surface area contributed by atoms with Gasteiger partial charge in [-0.1, -0.05) is 109 Å². The number of para-hydroxylation sites is 1. The van der Waals surface area contributed by atoms with Gasteiger partial charge in [0.1, 0.15) is 18.3 Å². The number of aliphatic hydroxyl groups excluding tert-OH is 1. The molecule has 1 heterocycles. The van der Waals surface area contributed by atoms with E-state index in [1.54, 1.807) is 10.9 Å². The van der Waals surface area contributed by atoms with Gasteiger partial charge in [-0.25, -0.2) is 4.68 Å². The Kier molecular flexibility index (Phi) is 9.87. The molecule has 0 unspecified atom stereocenters. The molecule has 1 aromatic heterocycles. The summed E-state index contributed by atoms with van der Waals surface area (Å²) in [6.07, 6.45) is 1.44. The molecular weight excluding hydrogens is 500 g/mol. The molecule has 0 fully saturated rings. The summed E-state index contributed by atoms with van der Waals surface area (Å²) in [5.41, 5.74) is 4.81. The fourth-order valence-corrected chi connectivity index (χ4v) is 4.48. The van der Waals surface area contributed by atoms with Gasteiger partial charge in [-0.15, -0.1) is 0 Å². The minimum Gasteiger partial charge on any atom is -0.388 e. The van der Waals surface area contributed by atoms with Crippen LogP contribution < -0.4 is 0 Å². The van der Waals surface area contributed by atoms with Crippen LogP contribution in [0.25, 0.3) is 5.69 Å². The van der Waals surface area contributed by atoms with Crippen LogP contribution in [-0.4, -0.2) is 33.7 Å². The van der Waals surface area contributed by atoms with Crippen molar-refractivity contribution in [2.24, 2.45) is 0 Å². The third kappa shape index (κ3) is 7.74. The van der Waals surface area contributed by atoms with Crippen molar-refractivity contribution in [1.82, 2.24) is 9.78 Å². The SMILES string of the molecule is O[C@H](COCc1ccccc1)[C@H](OCc1ccccc1)[C@H](OCc1ccccc1)c1cnn(-c2ccccc2)c1. The summed E-state index contributed by atoms with van der Waals surface area (Å²) < 4.78 is 20.7. The van der Waals surface area contributed by atoms with Crippen LogP contribution in [-0.2, 0) is 34.0 Å². The van der Waals surface area contributed by atoms with Crippen LogP contribution in [0.15, 0.2) is 134 Å². The van der Waals surface area contributed by atoms with E-state index < -0.39 is 18.3 Å². The molecule has 40 heavy (non-hydrogen) atoms. The number of hydrogen-bond donors (Lipinski definition) is 1. The van der Waals surface area contributed by atoms with Crippen molar-refractivity contribution >= 4 is 0 Å². The van der Waals surface area contributed by atoms with Crippen LogP contribution in [0.4, 0.5) is 0 Å². The Morgan fingerprint density at radius 3 is 1.70 bits per heavy atom. The number of aliphatic hydroxyl groups is 1. The van der Waals surface area contributed by atoms with Crippen molar-refractivity contribution in [3.63, 3.8) is 0 Å². The lowest BCUT2D eigenvalue weighted by atomic mass is 10.0. The van der Waals surface area contributed by atoms with Crippen molar-refractivity contribution in [2.45, 2.75) is 38.1 Å². The Labute approximate surface area is 235 Å². The molecule has 5 aromatic rings. The molecular formula is C34H34N2O4. The van der Waals surface area contributed by atoms with E-state index >= 15 is 0 Å². The summed E-state index contributed by atoms with van der Waals surface area (Å²) in [6, 6.07) is 39.7. The van der Waals surface area contributed by atoms with E-state index in [1.165, 1.54) is 0 Å². The smallest absolute Gasteiger partial charge is 0.116 e. The molecule has 0 radical (unpaired) electrons. The molecule has 6 nitrogen and oxygen atoms in total. The van der Waals surface area contributed by atoms with Crippen LogP contribution in [0, 0.1) is 0 Å². The minimum absolute atomic E-state index is 0.0897. The standard InChI is InChI=1S/C34H34N2O4/c37-32(26-38-23-27-13-5-1-6-14-27)34(40-25-29-17-9-3-10-18-29)33(39-24-28-15-7-2-8-16-28)30-21-35-36(22-30)31-19-11-4-12-20-31/h1-22,32-34,37H,23-26H2/t32-,33-,34+/m1/s1. The highest BCUT2D eigenvalue weighted by Crippen LogP contribution is 2.29. The van der Waals surface area contributed by atoms with Gasteiger partial charge >= 0.3 is 0 Å². The van der Waals surface area contributed by atoms with Gasteiger partial charge in [0.25, 0.3) is 0 Å². The summed E-state index contributed by atoms with van der Waals surface area (Å²) in [6.45, 7) is 1.15. The maximum atomic E-state index is 11.5. The lowest BCUT2D eigenvalue weighted by molar-refractivity contribution is -0.149. The number of ether oxygens (including phenoxy) is 3. The topological polar surface area (TPSA) is 65.7 Å². The predicted octanol–water partition coefficient (Wildman–Crippen LogP) is 6.29. The molecule has 1 N–H and O–H groups in total. The highest BCUT2D eigenvalue weighted by Gasteiger charge is 2.33. The van der Waals surface area contributed by atoms with Crippen molar-refractivity contribution in [2.75, 3.05) is 6.61 Å². The predicted molar refractivity (Wildman–Crippen MR) is 155 cm³/mol. The largest absolute Gasteiger partial charge is 0.388 e. The highest BCUT2D eigenvalue weighted by atomic mass is 16.6. The van der Waals surface area contributed by atoms with E-state index in [0.717, 1.165) is 27.9 Å². The molecule has 4 aromatic carbocycles. The Morgan fingerprint density at radius 2 is 1.12 bits per heavy atom. The first kappa shape index (κ1) is 27.5. The van der Waals surface area contributed by atoms with Gasteiger partial charge in [0.15, 0.2) is 0 Å². The molecule has 0 amide bonds. The third-order valence-electron chi connectivity index (χ3n) is 6.59. The molecule has 0 saturated heterocycles. The molecule has 0 bridgehead atoms. The Balaban J connectivity index is 1.40. The minimum atomic E-state index is -0.951. The fourth-order valence-electron chi connectivity index (χ4n) is 4.48. The molecule has 0 spiro atoms. The van der Waals surface area contributed by atoms with E-state index in [1.807, 2.05) is 128 Å². The van der Waals surface area contributed by atoms with E-state index in [-0.39, 0.29) is 6.61 Å². The first-order chi connectivity index (χ1) is 19.8. The monoisotopic (exact) mass is 534 g/mol. The van der Waals surface area contributed by atoms with Crippen LogP contribution in [0.1, 0.15) is 28.4 Å². The Hall–Kier alpha value is -4.07. The van der Waals surface area contributed by atoms with E-state index in [2.05, 4.69) is 5.10 Å². The summed E-state index contributed by atoms with van der Waals surface area (Å²) in [5, 5.41) is 16.1. The van der Waals surface area contributed by atoms with Crippen molar-refractivity contribution in [3.05, 3.63) is 156 Å². The quantitative estimate of drug-likeness (QED) is 0.181. The second kappa shape index (κ2) is 14.4. The van der Waals surface area contributed by atoms with E-state index in [0.29, 0.717) is 19.8 Å². The van der Waals surface area contributed by atoms with Crippen LogP contribution in [0.2, 0.25) is 0 Å². The maximum Gasteiger partial charge on any atom is 0.116 e. The molecule has 3 atom stereocenters. The van der Waals surface area contributed by atoms with Crippen LogP contribution in [0.3, 0.4) is 0 Å². The Morgan fingerprint density at radius 1 is 0.625 bits per heavy atom. The maximum absolute atomic E-state index is 11.5. The molecule has 5 rings (SSSR count). The summed E-state index contributed by atoms with van der Waals surface area (Å²) >= 11 is 0. The number of benzene rings is 4. The highest BCUT2D eigenvalue weighted by molar-refractivity contribution is 5.31. The average Bonchev–Trinajstić information content (AvgIpc) is 3.51. The Bertz CT molecular complexity index is 1400. The number of hydrogen-bond acceptors (Lipinski definition) is 5. The zero-order chi connectivity index (χ0) is 27.4. The van der Waals surface area contributed by atoms with E-state index in [4.69, 9.17) is 14.2 Å². The summed E-state index contributed by atoms with van der Waals surface area (Å²) in [7, 11) is 0. The first-order valence-corrected chi connectivity index (χ1v) is 13.5. The van der Waals surface area contributed by atoms with Gasteiger partial charge in [0.2, 0.25) is 0 Å². The van der Waals surface area contributed by atoms with Crippen LogP contribution >= 0.6 is 0 Å². The number of aromatic nitrogens is 2. The molecule has 0 aliphatic heterocycles. The molecule has 6 heteroatoms. The number of rotatable bonds is 14. The van der Waals surface area contributed by atoms with Gasteiger partial charge in [-0.3, -0.25) is 0 Å². The lowest BCUT2D eigenvalue weighted by Gasteiger charge is -2.31. The van der Waals surface area contributed by atoms with Gasteiger partial charge in [0.05, 0.1) is 38.3 Å². The average molecular weight is 535 g/mol. The second-order valence-electron chi connectivity index (χ2n) is 9.60. The third-order valence-corrected chi connectivity index (χ3v) is 6.59. The summed E-state index contributed by atoms with van der Waals surface area (Å²) in [4.78, 5) is 0. The van der Waals surface area contributed by atoms with Crippen molar-refractivity contribution < 1.29 is 19.3 Å². The van der Waals surface area contributed by atoms with Gasteiger partial charge in [-0.2, -0.15) is 5.10 Å². The van der Waals surface area contributed by atoms with Gasteiger partial charge in [0, 0.05) is 11.8 Å². The molecule has 0 aliphatic rings. The fraction of sp³-hybridized carbons (Fsp3) is 0.206. The van der Waals surface area contributed by atoms with Gasteiger partial charge < -0.3 is 19.3 Å². The normalized spacial score (nSPS) is 13.5. The lowest BCUT2D eigenvalue weighted by Crippen LogP contribution is -2.39. The molecule has 204 valence electrons. The zero-order valence-electron chi connectivity index (χ0n) is 22.3. The number of nitrogens with zero attached hydrogens (tertiary/aromatic N) is 2. The zero-order valence-corrected chi connectivity index (χ0v) is 22.3. The van der Waals surface area contributed by atoms with Crippen molar-refractivity contribution in [3.8, 4) is 5.69 Å². The van der Waals surface area contributed by atoms with Crippen LogP contribution in [0.5, 0.6) is 0 Å². The van der Waals surface area contributed by atoms with Crippen molar-refractivity contribution in [1.29, 1.82) is 0 Å². The first-order valence-electron chi connectivity index (χ1n) is 13.5.